The van der Waals surface area contributed by atoms with Gasteiger partial charge in [-0.1, -0.05) is 19.0 Å². The normalized spacial score (nSPS) is 16.3. The van der Waals surface area contributed by atoms with Crippen molar-refractivity contribution in [3.8, 4) is 0 Å². The Kier molecular flexibility index (Phi) is 4.45. The van der Waals surface area contributed by atoms with E-state index in [1.54, 1.807) is 17.0 Å². The van der Waals surface area contributed by atoms with Gasteiger partial charge in [0.25, 0.3) is 5.56 Å². The molecule has 3 heterocycles. The van der Waals surface area contributed by atoms with Crippen LogP contribution in [0.2, 0.25) is 0 Å². The van der Waals surface area contributed by atoms with Crippen LogP contribution < -0.4 is 10.5 Å². The van der Waals surface area contributed by atoms with Crippen LogP contribution in [0.15, 0.2) is 21.7 Å². The summed E-state index contributed by atoms with van der Waals surface area (Å²) in [5.74, 6) is 1.41. The molecule has 2 aromatic rings. The van der Waals surface area contributed by atoms with E-state index in [0.29, 0.717) is 17.8 Å². The molecule has 0 bridgehead atoms. The van der Waals surface area contributed by atoms with Crippen LogP contribution in [-0.2, 0) is 6.54 Å². The highest BCUT2D eigenvalue weighted by Gasteiger charge is 2.23. The Balaban J connectivity index is 1.59. The lowest BCUT2D eigenvalue weighted by Gasteiger charge is -2.30. The third kappa shape index (κ3) is 3.60. The average molecular weight is 317 g/mol. The molecular formula is C16H23N5O2. The topological polar surface area (TPSA) is 77.0 Å². The Labute approximate surface area is 135 Å². The zero-order valence-corrected chi connectivity index (χ0v) is 13.9. The second kappa shape index (κ2) is 6.52. The van der Waals surface area contributed by atoms with E-state index in [0.717, 1.165) is 38.2 Å². The molecule has 23 heavy (non-hydrogen) atoms. The largest absolute Gasteiger partial charge is 0.324 e. The number of hydrogen-bond acceptors (Lipinski definition) is 6. The van der Waals surface area contributed by atoms with Gasteiger partial charge >= 0.3 is 6.01 Å². The number of hydrogen-bond donors (Lipinski definition) is 0. The summed E-state index contributed by atoms with van der Waals surface area (Å²) in [6.45, 7) is 8.38. The first-order valence-corrected chi connectivity index (χ1v) is 8.14. The molecule has 0 amide bonds. The van der Waals surface area contributed by atoms with E-state index in [1.165, 1.54) is 0 Å². The summed E-state index contributed by atoms with van der Waals surface area (Å²) in [6.07, 6.45) is 3.69. The molecule has 3 rings (SSSR count). The van der Waals surface area contributed by atoms with Gasteiger partial charge in [-0.2, -0.15) is 4.98 Å². The summed E-state index contributed by atoms with van der Waals surface area (Å²) in [6, 6.07) is 2.25. The minimum Gasteiger partial charge on any atom is -0.324 e. The van der Waals surface area contributed by atoms with E-state index in [2.05, 4.69) is 20.0 Å². The van der Waals surface area contributed by atoms with Gasteiger partial charge in [-0.05, 0) is 31.6 Å². The average Bonchev–Trinajstić information content (AvgIpc) is 2.96. The van der Waals surface area contributed by atoms with Crippen molar-refractivity contribution in [1.29, 1.82) is 0 Å². The number of nitrogens with zero attached hydrogens (tertiary/aromatic N) is 5. The Morgan fingerprint density at radius 1 is 1.35 bits per heavy atom. The highest BCUT2D eigenvalue weighted by atomic mass is 16.5. The molecule has 0 atom stereocenters. The molecule has 124 valence electrons. The highest BCUT2D eigenvalue weighted by Crippen LogP contribution is 2.22. The molecule has 0 N–H and O–H groups in total. The van der Waals surface area contributed by atoms with Gasteiger partial charge in [-0.3, -0.25) is 9.36 Å². The van der Waals surface area contributed by atoms with Crippen LogP contribution in [0.4, 0.5) is 6.01 Å². The first-order chi connectivity index (χ1) is 11.0. The summed E-state index contributed by atoms with van der Waals surface area (Å²) < 4.78 is 6.94. The summed E-state index contributed by atoms with van der Waals surface area (Å²) in [5, 5.41) is 3.83. The lowest BCUT2D eigenvalue weighted by Crippen LogP contribution is -2.36. The highest BCUT2D eigenvalue weighted by molar-refractivity contribution is 5.25. The van der Waals surface area contributed by atoms with Gasteiger partial charge in [0.2, 0.25) is 0 Å². The van der Waals surface area contributed by atoms with Gasteiger partial charge in [0.15, 0.2) is 5.82 Å². The van der Waals surface area contributed by atoms with Crippen LogP contribution in [0.25, 0.3) is 0 Å². The fourth-order valence-electron chi connectivity index (χ4n) is 2.89. The lowest BCUT2D eigenvalue weighted by molar-refractivity contribution is 0.330. The fourth-order valence-corrected chi connectivity index (χ4v) is 2.89. The van der Waals surface area contributed by atoms with Crippen molar-refractivity contribution in [3.63, 3.8) is 0 Å². The standard InChI is InChI=1S/C16H23N5O2/c1-11(2)14-8-15(22)21(10-17-14)9-13-4-6-20(7-5-13)16-18-12(3)19-23-16/h8,10-11,13H,4-7,9H2,1-3H3. The molecule has 1 aliphatic heterocycles. The van der Waals surface area contributed by atoms with Crippen molar-refractivity contribution < 1.29 is 4.52 Å². The third-order valence-electron chi connectivity index (χ3n) is 4.35. The van der Waals surface area contributed by atoms with Crippen molar-refractivity contribution >= 4 is 6.01 Å². The first-order valence-electron chi connectivity index (χ1n) is 8.14. The predicted octanol–water partition coefficient (Wildman–Crippen LogP) is 1.97. The van der Waals surface area contributed by atoms with Crippen LogP contribution in [0, 0.1) is 12.8 Å². The second-order valence-electron chi connectivity index (χ2n) is 6.51. The summed E-state index contributed by atoms with van der Waals surface area (Å²) in [7, 11) is 0. The van der Waals surface area contributed by atoms with E-state index in [9.17, 15) is 4.79 Å². The molecule has 7 heteroatoms. The van der Waals surface area contributed by atoms with Gasteiger partial charge in [0.1, 0.15) is 0 Å². The molecule has 0 aliphatic carbocycles. The molecular weight excluding hydrogens is 294 g/mol. The van der Waals surface area contributed by atoms with Gasteiger partial charge in [0.05, 0.1) is 12.0 Å². The Morgan fingerprint density at radius 2 is 2.09 bits per heavy atom. The van der Waals surface area contributed by atoms with E-state index in [-0.39, 0.29) is 11.5 Å². The second-order valence-corrected chi connectivity index (χ2v) is 6.51. The summed E-state index contributed by atoms with van der Waals surface area (Å²) >= 11 is 0. The zero-order chi connectivity index (χ0) is 16.4. The quantitative estimate of drug-likeness (QED) is 0.858. The van der Waals surface area contributed by atoms with Crippen LogP contribution in [0.5, 0.6) is 0 Å². The molecule has 0 aromatic carbocycles. The minimum atomic E-state index is 0.0404. The van der Waals surface area contributed by atoms with Crippen LogP contribution in [0.1, 0.15) is 44.1 Å². The van der Waals surface area contributed by atoms with Crippen molar-refractivity contribution in [3.05, 3.63) is 34.3 Å². The predicted molar refractivity (Wildman–Crippen MR) is 86.6 cm³/mol. The molecule has 2 aromatic heterocycles. The van der Waals surface area contributed by atoms with Crippen molar-refractivity contribution in [2.45, 2.75) is 46.1 Å². The van der Waals surface area contributed by atoms with Crippen LogP contribution in [0.3, 0.4) is 0 Å². The van der Waals surface area contributed by atoms with E-state index < -0.39 is 0 Å². The number of anilines is 1. The maximum absolute atomic E-state index is 12.2. The van der Waals surface area contributed by atoms with Gasteiger partial charge in [-0.25, -0.2) is 4.98 Å². The van der Waals surface area contributed by atoms with Crippen LogP contribution >= 0.6 is 0 Å². The van der Waals surface area contributed by atoms with E-state index in [1.807, 2.05) is 20.8 Å². The van der Waals surface area contributed by atoms with Crippen molar-refractivity contribution in [2.75, 3.05) is 18.0 Å². The third-order valence-corrected chi connectivity index (χ3v) is 4.35. The Bertz CT molecular complexity index is 713. The van der Waals surface area contributed by atoms with Gasteiger partial charge < -0.3 is 9.42 Å². The smallest absolute Gasteiger partial charge is 0.324 e. The van der Waals surface area contributed by atoms with Crippen molar-refractivity contribution in [1.82, 2.24) is 19.7 Å². The monoisotopic (exact) mass is 317 g/mol. The van der Waals surface area contributed by atoms with Gasteiger partial charge in [0, 0.05) is 25.7 Å². The van der Waals surface area contributed by atoms with Gasteiger partial charge in [-0.15, -0.1) is 0 Å². The van der Waals surface area contributed by atoms with Crippen molar-refractivity contribution in [2.24, 2.45) is 5.92 Å². The summed E-state index contributed by atoms with van der Waals surface area (Å²) in [5.41, 5.74) is 0.895. The number of piperidine rings is 1. The first kappa shape index (κ1) is 15.7. The molecule has 1 aliphatic rings. The number of aryl methyl sites for hydroxylation is 1. The SMILES string of the molecule is Cc1noc(N2CCC(Cn3cnc(C(C)C)cc3=O)CC2)n1. The maximum Gasteiger partial charge on any atom is 0.324 e. The molecule has 0 spiro atoms. The molecule has 0 radical (unpaired) electrons. The molecule has 1 fully saturated rings. The molecule has 7 nitrogen and oxygen atoms in total. The lowest BCUT2D eigenvalue weighted by atomic mass is 9.97. The number of aromatic nitrogens is 4. The number of rotatable bonds is 4. The minimum absolute atomic E-state index is 0.0404. The molecule has 1 saturated heterocycles. The molecule has 0 saturated carbocycles. The molecule has 0 unspecified atom stereocenters. The summed E-state index contributed by atoms with van der Waals surface area (Å²) in [4.78, 5) is 23.0. The Morgan fingerprint density at radius 3 is 2.65 bits per heavy atom. The fraction of sp³-hybridized carbons (Fsp3) is 0.625. The maximum atomic E-state index is 12.2. The van der Waals surface area contributed by atoms with E-state index >= 15 is 0 Å². The van der Waals surface area contributed by atoms with Crippen LogP contribution in [-0.4, -0.2) is 32.8 Å². The zero-order valence-electron chi connectivity index (χ0n) is 13.9. The Hall–Kier alpha value is -2.18. The van der Waals surface area contributed by atoms with E-state index in [4.69, 9.17) is 4.52 Å².